The van der Waals surface area contributed by atoms with E-state index in [4.69, 9.17) is 27.6 Å². The van der Waals surface area contributed by atoms with Crippen molar-refractivity contribution in [2.45, 2.75) is 24.9 Å². The van der Waals surface area contributed by atoms with Crippen molar-refractivity contribution in [1.29, 1.82) is 0 Å². The van der Waals surface area contributed by atoms with E-state index in [-0.39, 0.29) is 17.5 Å². The zero-order valence-corrected chi connectivity index (χ0v) is 21.4. The maximum absolute atomic E-state index is 13.0. The topological polar surface area (TPSA) is 60.9 Å². The van der Waals surface area contributed by atoms with Gasteiger partial charge in [0.15, 0.2) is 16.7 Å². The summed E-state index contributed by atoms with van der Waals surface area (Å²) < 4.78 is 7.71. The highest BCUT2D eigenvalue weighted by Crippen LogP contribution is 2.36. The van der Waals surface area contributed by atoms with E-state index in [1.165, 1.54) is 11.8 Å². The average Bonchev–Trinajstić information content (AvgIpc) is 3.47. The predicted octanol–water partition coefficient (Wildman–Crippen LogP) is 8.09. The molecular formula is C27H21Cl2N3O2S. The highest BCUT2D eigenvalue weighted by molar-refractivity contribution is 7.99. The lowest BCUT2D eigenvalue weighted by molar-refractivity contribution is 0.0994. The second kappa shape index (κ2) is 9.90. The number of benzene rings is 3. The molecule has 0 amide bonds. The van der Waals surface area contributed by atoms with E-state index >= 15 is 0 Å². The Hall–Kier alpha value is -3.06. The molecule has 0 aliphatic rings. The Labute approximate surface area is 217 Å². The van der Waals surface area contributed by atoms with Crippen LogP contribution in [0.5, 0.6) is 0 Å². The molecular weight excluding hydrogens is 501 g/mol. The first-order valence-corrected chi connectivity index (χ1v) is 12.8. The molecule has 0 atom stereocenters. The maximum atomic E-state index is 13.0. The molecule has 0 aliphatic heterocycles. The molecule has 2 aromatic heterocycles. The molecule has 2 heterocycles. The van der Waals surface area contributed by atoms with Gasteiger partial charge < -0.3 is 4.42 Å². The molecule has 0 radical (unpaired) electrons. The van der Waals surface area contributed by atoms with Gasteiger partial charge in [0.25, 0.3) is 0 Å². The standard InChI is InChI=1S/C27H21Cl2N3O2S/c1-16(2)19-8-4-5-9-22(19)32-26(20-12-11-18(28)14-21(20)29)30-31-27(32)35-15-23(33)25-13-17-7-3-6-10-24(17)34-25/h3-14,16H,15H2,1-2H3. The molecule has 5 nitrogen and oxygen atoms in total. The van der Waals surface area contributed by atoms with Crippen molar-refractivity contribution in [3.63, 3.8) is 0 Å². The van der Waals surface area contributed by atoms with E-state index in [1.54, 1.807) is 18.2 Å². The maximum Gasteiger partial charge on any atom is 0.208 e. The van der Waals surface area contributed by atoms with Gasteiger partial charge in [-0.1, -0.05) is 85.2 Å². The molecule has 0 aliphatic carbocycles. The number of carbonyl (C=O) groups is 1. The molecule has 0 spiro atoms. The Balaban J connectivity index is 1.54. The third-order valence-electron chi connectivity index (χ3n) is 5.64. The fourth-order valence-electron chi connectivity index (χ4n) is 3.93. The number of nitrogens with zero attached hydrogens (tertiary/aromatic N) is 3. The third kappa shape index (κ3) is 4.74. The van der Waals surface area contributed by atoms with Crippen LogP contribution in [0.1, 0.15) is 35.9 Å². The van der Waals surface area contributed by atoms with Crippen molar-refractivity contribution in [1.82, 2.24) is 14.8 Å². The fraction of sp³-hybridized carbons (Fsp3) is 0.148. The lowest BCUT2D eigenvalue weighted by Gasteiger charge is -2.17. The summed E-state index contributed by atoms with van der Waals surface area (Å²) >= 11 is 14.0. The van der Waals surface area contributed by atoms with E-state index in [1.807, 2.05) is 53.1 Å². The van der Waals surface area contributed by atoms with Crippen LogP contribution in [-0.2, 0) is 0 Å². The third-order valence-corrected chi connectivity index (χ3v) is 7.11. The van der Waals surface area contributed by atoms with Gasteiger partial charge in [-0.2, -0.15) is 0 Å². The van der Waals surface area contributed by atoms with Crippen molar-refractivity contribution in [2.75, 3.05) is 5.75 Å². The average molecular weight is 522 g/mol. The molecule has 0 unspecified atom stereocenters. The second-order valence-corrected chi connectivity index (χ2v) is 10.1. The van der Waals surface area contributed by atoms with Gasteiger partial charge in [-0.05, 0) is 47.9 Å². The zero-order valence-electron chi connectivity index (χ0n) is 19.0. The fourth-order valence-corrected chi connectivity index (χ4v) is 5.23. The minimum Gasteiger partial charge on any atom is -0.453 e. The van der Waals surface area contributed by atoms with Crippen LogP contribution >= 0.6 is 35.0 Å². The Bertz CT molecular complexity index is 1510. The number of thioether (sulfide) groups is 1. The zero-order chi connectivity index (χ0) is 24.5. The SMILES string of the molecule is CC(C)c1ccccc1-n1c(SCC(=O)c2cc3ccccc3o2)nnc1-c1ccc(Cl)cc1Cl. The van der Waals surface area contributed by atoms with Crippen molar-refractivity contribution < 1.29 is 9.21 Å². The van der Waals surface area contributed by atoms with Crippen LogP contribution in [0.2, 0.25) is 10.0 Å². The van der Waals surface area contributed by atoms with E-state index < -0.39 is 0 Å². The Kier molecular flexibility index (Phi) is 6.69. The molecule has 176 valence electrons. The summed E-state index contributed by atoms with van der Waals surface area (Å²) in [5, 5.41) is 11.4. The van der Waals surface area contributed by atoms with Crippen LogP contribution in [0.4, 0.5) is 0 Å². The van der Waals surface area contributed by atoms with E-state index in [0.29, 0.717) is 37.9 Å². The van der Waals surface area contributed by atoms with Crippen molar-refractivity contribution in [2.24, 2.45) is 0 Å². The minimum atomic E-state index is -0.121. The quantitative estimate of drug-likeness (QED) is 0.160. The number of carbonyl (C=O) groups excluding carboxylic acids is 1. The van der Waals surface area contributed by atoms with Gasteiger partial charge in [-0.25, -0.2) is 0 Å². The normalized spacial score (nSPS) is 11.5. The van der Waals surface area contributed by atoms with Crippen LogP contribution in [0.3, 0.4) is 0 Å². The van der Waals surface area contributed by atoms with Gasteiger partial charge in [0.1, 0.15) is 5.58 Å². The number of para-hydroxylation sites is 2. The highest BCUT2D eigenvalue weighted by Gasteiger charge is 2.22. The summed E-state index contributed by atoms with van der Waals surface area (Å²) in [6.07, 6.45) is 0. The van der Waals surface area contributed by atoms with Gasteiger partial charge in [-0.3, -0.25) is 9.36 Å². The van der Waals surface area contributed by atoms with Gasteiger partial charge in [-0.15, -0.1) is 10.2 Å². The lowest BCUT2D eigenvalue weighted by atomic mass is 10.0. The summed E-state index contributed by atoms with van der Waals surface area (Å²) in [6.45, 7) is 4.27. The molecule has 0 N–H and O–H groups in total. The number of fused-ring (bicyclic) bond motifs is 1. The van der Waals surface area contributed by atoms with Crippen LogP contribution in [0.15, 0.2) is 82.4 Å². The Morgan fingerprint density at radius 1 is 1.00 bits per heavy atom. The van der Waals surface area contributed by atoms with Crippen molar-refractivity contribution in [3.05, 3.63) is 94.2 Å². The summed E-state index contributed by atoms with van der Waals surface area (Å²) in [5.41, 5.74) is 3.46. The number of Topliss-reactive ketones (excluding diaryl/α,β-unsaturated/α-hetero) is 1. The molecule has 5 aromatic rings. The summed E-state index contributed by atoms with van der Waals surface area (Å²) in [7, 11) is 0. The van der Waals surface area contributed by atoms with Crippen molar-refractivity contribution in [3.8, 4) is 17.1 Å². The highest BCUT2D eigenvalue weighted by atomic mass is 35.5. The van der Waals surface area contributed by atoms with Gasteiger partial charge in [0, 0.05) is 16.0 Å². The van der Waals surface area contributed by atoms with E-state index in [9.17, 15) is 4.79 Å². The predicted molar refractivity (Wildman–Crippen MR) is 142 cm³/mol. The Morgan fingerprint density at radius 3 is 2.54 bits per heavy atom. The first-order valence-electron chi connectivity index (χ1n) is 11.1. The van der Waals surface area contributed by atoms with Crippen LogP contribution < -0.4 is 0 Å². The summed E-state index contributed by atoms with van der Waals surface area (Å²) in [6, 6.07) is 22.7. The van der Waals surface area contributed by atoms with Crippen LogP contribution in [0.25, 0.3) is 28.0 Å². The molecule has 0 saturated heterocycles. The van der Waals surface area contributed by atoms with E-state index in [0.717, 1.165) is 16.6 Å². The molecule has 0 fully saturated rings. The minimum absolute atomic E-state index is 0.121. The van der Waals surface area contributed by atoms with Crippen molar-refractivity contribution >= 4 is 51.7 Å². The van der Waals surface area contributed by atoms with E-state index in [2.05, 4.69) is 30.1 Å². The monoisotopic (exact) mass is 521 g/mol. The van der Waals surface area contributed by atoms with Gasteiger partial charge in [0.05, 0.1) is 16.5 Å². The molecule has 3 aromatic carbocycles. The number of hydrogen-bond donors (Lipinski definition) is 0. The van der Waals surface area contributed by atoms with Gasteiger partial charge >= 0.3 is 0 Å². The number of hydrogen-bond acceptors (Lipinski definition) is 5. The summed E-state index contributed by atoms with van der Waals surface area (Å²) in [4.78, 5) is 13.0. The van der Waals surface area contributed by atoms with Crippen LogP contribution in [-0.4, -0.2) is 26.3 Å². The smallest absolute Gasteiger partial charge is 0.208 e. The number of furan rings is 1. The number of halogens is 2. The Morgan fingerprint density at radius 2 is 1.77 bits per heavy atom. The lowest BCUT2D eigenvalue weighted by Crippen LogP contribution is -2.07. The molecule has 5 rings (SSSR count). The first kappa shape index (κ1) is 23.7. The largest absolute Gasteiger partial charge is 0.453 e. The molecule has 35 heavy (non-hydrogen) atoms. The molecule has 0 saturated carbocycles. The number of ketones is 1. The number of rotatable bonds is 7. The van der Waals surface area contributed by atoms with Gasteiger partial charge in [0.2, 0.25) is 5.78 Å². The summed E-state index contributed by atoms with van der Waals surface area (Å²) in [5.74, 6) is 1.20. The molecule has 8 heteroatoms. The first-order chi connectivity index (χ1) is 16.9. The van der Waals surface area contributed by atoms with Crippen LogP contribution in [0, 0.1) is 0 Å². The number of aromatic nitrogens is 3. The second-order valence-electron chi connectivity index (χ2n) is 8.34. The molecule has 0 bridgehead atoms.